The van der Waals surface area contributed by atoms with Crippen LogP contribution in [0.2, 0.25) is 0 Å². The molecular formula is C16H23N2O3+. The summed E-state index contributed by atoms with van der Waals surface area (Å²) in [4.78, 5) is 13.4. The quantitative estimate of drug-likeness (QED) is 0.841. The van der Waals surface area contributed by atoms with Gasteiger partial charge in [-0.2, -0.15) is 0 Å². The summed E-state index contributed by atoms with van der Waals surface area (Å²) >= 11 is 0. The molecule has 0 aliphatic carbocycles. The van der Waals surface area contributed by atoms with E-state index in [1.807, 2.05) is 18.2 Å². The van der Waals surface area contributed by atoms with Crippen LogP contribution < -0.4 is 19.7 Å². The van der Waals surface area contributed by atoms with E-state index < -0.39 is 0 Å². The van der Waals surface area contributed by atoms with Gasteiger partial charge in [-0.25, -0.2) is 0 Å². The molecule has 21 heavy (non-hydrogen) atoms. The summed E-state index contributed by atoms with van der Waals surface area (Å²) in [6.45, 7) is 5.91. The Morgan fingerprint density at radius 2 is 2.05 bits per heavy atom. The second-order valence-electron chi connectivity index (χ2n) is 6.07. The maximum absolute atomic E-state index is 12.0. The normalized spacial score (nSPS) is 23.9. The number of likely N-dealkylation sites (tertiary alicyclic amines) is 1. The predicted molar refractivity (Wildman–Crippen MR) is 78.4 cm³/mol. The van der Waals surface area contributed by atoms with E-state index in [1.54, 1.807) is 0 Å². The summed E-state index contributed by atoms with van der Waals surface area (Å²) < 4.78 is 10.6. The van der Waals surface area contributed by atoms with Crippen molar-refractivity contribution < 1.29 is 19.2 Å². The Hall–Kier alpha value is -1.75. The number of piperidine rings is 1. The molecule has 3 rings (SSSR count). The number of hydrogen-bond donors (Lipinski definition) is 2. The van der Waals surface area contributed by atoms with Crippen LogP contribution in [0.4, 0.5) is 0 Å². The van der Waals surface area contributed by atoms with Crippen LogP contribution >= 0.6 is 0 Å². The van der Waals surface area contributed by atoms with Crippen molar-refractivity contribution in [2.45, 2.75) is 26.3 Å². The SMILES string of the molecule is CC1CC[NH+](CC(=O)NCc2ccc3c(c2)OCO3)CC1. The fourth-order valence-electron chi connectivity index (χ4n) is 2.89. The van der Waals surface area contributed by atoms with E-state index in [1.165, 1.54) is 17.7 Å². The molecule has 114 valence electrons. The summed E-state index contributed by atoms with van der Waals surface area (Å²) in [6.07, 6.45) is 2.45. The smallest absolute Gasteiger partial charge is 0.275 e. The Balaban J connectivity index is 1.45. The highest BCUT2D eigenvalue weighted by Crippen LogP contribution is 2.32. The summed E-state index contributed by atoms with van der Waals surface area (Å²) in [5.74, 6) is 2.47. The number of rotatable bonds is 4. The zero-order valence-corrected chi connectivity index (χ0v) is 12.5. The summed E-state index contributed by atoms with van der Waals surface area (Å²) in [5, 5.41) is 2.99. The molecule has 5 heteroatoms. The van der Waals surface area contributed by atoms with E-state index in [4.69, 9.17) is 9.47 Å². The lowest BCUT2D eigenvalue weighted by atomic mass is 9.99. The average molecular weight is 291 g/mol. The van der Waals surface area contributed by atoms with Crippen LogP contribution in [0.15, 0.2) is 18.2 Å². The third-order valence-electron chi connectivity index (χ3n) is 4.32. The molecule has 0 atom stereocenters. The molecule has 0 bridgehead atoms. The highest BCUT2D eigenvalue weighted by molar-refractivity contribution is 5.76. The van der Waals surface area contributed by atoms with E-state index in [0.29, 0.717) is 13.1 Å². The number of quaternary nitrogens is 1. The summed E-state index contributed by atoms with van der Waals surface area (Å²) in [7, 11) is 0. The van der Waals surface area contributed by atoms with E-state index >= 15 is 0 Å². The number of ether oxygens (including phenoxy) is 2. The lowest BCUT2D eigenvalue weighted by molar-refractivity contribution is -0.898. The van der Waals surface area contributed by atoms with Gasteiger partial charge in [-0.1, -0.05) is 13.0 Å². The summed E-state index contributed by atoms with van der Waals surface area (Å²) in [6, 6.07) is 5.78. The minimum atomic E-state index is 0.122. The molecule has 1 aromatic rings. The first-order valence-electron chi connectivity index (χ1n) is 7.69. The predicted octanol–water partition coefficient (Wildman–Crippen LogP) is 0.346. The van der Waals surface area contributed by atoms with E-state index in [9.17, 15) is 4.79 Å². The third kappa shape index (κ3) is 3.67. The number of fused-ring (bicyclic) bond motifs is 1. The molecule has 5 nitrogen and oxygen atoms in total. The molecule has 0 aromatic heterocycles. The maximum Gasteiger partial charge on any atom is 0.275 e. The Morgan fingerprint density at radius 1 is 1.29 bits per heavy atom. The van der Waals surface area contributed by atoms with Gasteiger partial charge in [-0.3, -0.25) is 4.79 Å². The molecule has 1 fully saturated rings. The van der Waals surface area contributed by atoms with Gasteiger partial charge in [0.15, 0.2) is 18.0 Å². The van der Waals surface area contributed by atoms with Gasteiger partial charge in [-0.15, -0.1) is 0 Å². The average Bonchev–Trinajstić information content (AvgIpc) is 2.95. The standard InChI is InChI=1S/C16H22N2O3/c1-12-4-6-18(7-5-12)10-16(19)17-9-13-2-3-14-15(8-13)21-11-20-14/h2-3,8,12H,4-7,9-11H2,1H3,(H,17,19)/p+1. The van der Waals surface area contributed by atoms with Crippen molar-refractivity contribution in [2.24, 2.45) is 5.92 Å². The molecule has 1 saturated heterocycles. The zero-order valence-electron chi connectivity index (χ0n) is 12.5. The molecule has 2 heterocycles. The van der Waals surface area contributed by atoms with Crippen LogP contribution in [0.3, 0.4) is 0 Å². The van der Waals surface area contributed by atoms with Gasteiger partial charge in [0.1, 0.15) is 0 Å². The molecular weight excluding hydrogens is 268 g/mol. The topological polar surface area (TPSA) is 52.0 Å². The largest absolute Gasteiger partial charge is 0.454 e. The Bertz CT molecular complexity index is 510. The number of amides is 1. The number of hydrogen-bond acceptors (Lipinski definition) is 3. The van der Waals surface area contributed by atoms with E-state index in [-0.39, 0.29) is 12.7 Å². The number of benzene rings is 1. The van der Waals surface area contributed by atoms with Crippen molar-refractivity contribution in [2.75, 3.05) is 26.4 Å². The molecule has 1 amide bonds. The van der Waals surface area contributed by atoms with Gasteiger partial charge < -0.3 is 19.7 Å². The molecule has 0 saturated carbocycles. The first-order chi connectivity index (χ1) is 10.2. The molecule has 2 aliphatic heterocycles. The Labute approximate surface area is 125 Å². The van der Waals surface area contributed by atoms with Crippen molar-refractivity contribution in [1.82, 2.24) is 5.32 Å². The lowest BCUT2D eigenvalue weighted by Crippen LogP contribution is -3.14. The van der Waals surface area contributed by atoms with Gasteiger partial charge in [0.05, 0.1) is 13.1 Å². The van der Waals surface area contributed by atoms with Gasteiger partial charge in [-0.05, 0) is 36.5 Å². The van der Waals surface area contributed by atoms with Gasteiger partial charge >= 0.3 is 0 Å². The molecule has 2 aliphatic rings. The molecule has 0 spiro atoms. The molecule has 2 N–H and O–H groups in total. The number of carbonyl (C=O) groups excluding carboxylic acids is 1. The lowest BCUT2D eigenvalue weighted by Gasteiger charge is -2.26. The van der Waals surface area contributed by atoms with Crippen LogP contribution in [-0.4, -0.2) is 32.3 Å². The monoisotopic (exact) mass is 291 g/mol. The molecule has 0 unspecified atom stereocenters. The van der Waals surface area contributed by atoms with Crippen LogP contribution in [-0.2, 0) is 11.3 Å². The number of nitrogens with one attached hydrogen (secondary N) is 2. The van der Waals surface area contributed by atoms with Crippen molar-refractivity contribution in [3.63, 3.8) is 0 Å². The van der Waals surface area contributed by atoms with E-state index in [0.717, 1.165) is 36.1 Å². The van der Waals surface area contributed by atoms with Crippen molar-refractivity contribution >= 4 is 5.91 Å². The van der Waals surface area contributed by atoms with Crippen LogP contribution in [0.1, 0.15) is 25.3 Å². The highest BCUT2D eigenvalue weighted by Gasteiger charge is 2.21. The first-order valence-corrected chi connectivity index (χ1v) is 7.69. The summed E-state index contributed by atoms with van der Waals surface area (Å²) in [5.41, 5.74) is 1.04. The minimum absolute atomic E-state index is 0.122. The Morgan fingerprint density at radius 3 is 2.86 bits per heavy atom. The van der Waals surface area contributed by atoms with Gasteiger partial charge in [0, 0.05) is 6.54 Å². The maximum atomic E-state index is 12.0. The third-order valence-corrected chi connectivity index (χ3v) is 4.32. The van der Waals surface area contributed by atoms with Gasteiger partial charge in [0.2, 0.25) is 6.79 Å². The Kier molecular flexibility index (Phi) is 4.29. The van der Waals surface area contributed by atoms with Crippen LogP contribution in [0, 0.1) is 5.92 Å². The minimum Gasteiger partial charge on any atom is -0.454 e. The second-order valence-corrected chi connectivity index (χ2v) is 6.07. The fourth-order valence-corrected chi connectivity index (χ4v) is 2.89. The first kappa shape index (κ1) is 14.2. The van der Waals surface area contributed by atoms with Crippen LogP contribution in [0.5, 0.6) is 11.5 Å². The number of carbonyl (C=O) groups is 1. The highest BCUT2D eigenvalue weighted by atomic mass is 16.7. The van der Waals surface area contributed by atoms with Gasteiger partial charge in [0.25, 0.3) is 5.91 Å². The van der Waals surface area contributed by atoms with E-state index in [2.05, 4.69) is 12.2 Å². The van der Waals surface area contributed by atoms with Crippen LogP contribution in [0.25, 0.3) is 0 Å². The van der Waals surface area contributed by atoms with Crippen molar-refractivity contribution in [1.29, 1.82) is 0 Å². The fraction of sp³-hybridized carbons (Fsp3) is 0.562. The van der Waals surface area contributed by atoms with Crippen molar-refractivity contribution in [3.8, 4) is 11.5 Å². The van der Waals surface area contributed by atoms with Crippen molar-refractivity contribution in [3.05, 3.63) is 23.8 Å². The second kappa shape index (κ2) is 6.35. The zero-order chi connectivity index (χ0) is 14.7. The molecule has 0 radical (unpaired) electrons. The molecule has 1 aromatic carbocycles.